The summed E-state index contributed by atoms with van der Waals surface area (Å²) in [5, 5.41) is 6.88. The van der Waals surface area contributed by atoms with Crippen LogP contribution in [0.15, 0.2) is 71.1 Å². The number of nitrogens with one attached hydrogen (secondary N) is 1. The molecule has 0 radical (unpaired) electrons. The number of pyridine rings is 1. The van der Waals surface area contributed by atoms with Crippen LogP contribution in [-0.4, -0.2) is 10.9 Å². The Morgan fingerprint density at radius 2 is 1.54 bits per heavy atom. The summed E-state index contributed by atoms with van der Waals surface area (Å²) in [6, 6.07) is 20.0. The number of nitrogens with two attached hydrogens (primary N) is 1. The molecule has 2 bridgehead atoms. The van der Waals surface area contributed by atoms with E-state index < -0.39 is 0 Å². The van der Waals surface area contributed by atoms with Crippen LogP contribution in [0.2, 0.25) is 0 Å². The lowest BCUT2D eigenvalue weighted by molar-refractivity contribution is 0.0951. The summed E-state index contributed by atoms with van der Waals surface area (Å²) in [7, 11) is 0. The van der Waals surface area contributed by atoms with Gasteiger partial charge in [-0.3, -0.25) is 4.79 Å². The zero-order valence-corrected chi connectivity index (χ0v) is 19.3. The van der Waals surface area contributed by atoms with Crippen LogP contribution in [0.4, 0.5) is 10.2 Å². The van der Waals surface area contributed by atoms with E-state index >= 15 is 0 Å². The number of aryl methyl sites for hydroxylation is 2. The van der Waals surface area contributed by atoms with E-state index in [1.165, 1.54) is 12.1 Å². The molecule has 0 fully saturated rings. The minimum absolute atomic E-state index is 0.169. The molecule has 1 amide bonds. The molecule has 0 atom stereocenters. The Kier molecular flexibility index (Phi) is 4.71. The summed E-state index contributed by atoms with van der Waals surface area (Å²) in [5.41, 5.74) is 12.6. The normalized spacial score (nSPS) is 11.6. The summed E-state index contributed by atoms with van der Waals surface area (Å²) >= 11 is 0. The number of carbonyl (C=O) groups excluding carboxylic acids is 1. The fourth-order valence-corrected chi connectivity index (χ4v) is 4.86. The third-order valence-electron chi connectivity index (χ3n) is 6.66. The molecule has 0 aliphatic heterocycles. The van der Waals surface area contributed by atoms with Crippen molar-refractivity contribution in [3.05, 3.63) is 94.9 Å². The molecule has 0 aliphatic carbocycles. The Bertz CT molecular complexity index is 1730. The fourth-order valence-electron chi connectivity index (χ4n) is 4.86. The number of furan rings is 2. The van der Waals surface area contributed by atoms with Gasteiger partial charge in [0.2, 0.25) is 0 Å². The highest BCUT2D eigenvalue weighted by atomic mass is 19.1. The number of fused-ring (bicyclic) bond motifs is 8. The highest BCUT2D eigenvalue weighted by Gasteiger charge is 2.19. The van der Waals surface area contributed by atoms with Crippen LogP contribution in [-0.2, 0) is 6.54 Å². The average Bonchev–Trinajstić information content (AvgIpc) is 3.40. The van der Waals surface area contributed by atoms with Gasteiger partial charge in [0.1, 0.15) is 22.8 Å². The van der Waals surface area contributed by atoms with Crippen LogP contribution in [0.25, 0.3) is 43.8 Å². The Hall–Kier alpha value is -4.45. The van der Waals surface area contributed by atoms with Crippen molar-refractivity contribution in [1.82, 2.24) is 10.3 Å². The van der Waals surface area contributed by atoms with Gasteiger partial charge >= 0.3 is 0 Å². The van der Waals surface area contributed by atoms with Gasteiger partial charge < -0.3 is 15.5 Å². The predicted octanol–water partition coefficient (Wildman–Crippen LogP) is 6.51. The maximum absolute atomic E-state index is 13.4. The van der Waals surface area contributed by atoms with E-state index in [-0.39, 0.29) is 11.7 Å². The Morgan fingerprint density at radius 3 is 2.29 bits per heavy atom. The van der Waals surface area contributed by atoms with Crippen LogP contribution in [0.5, 0.6) is 0 Å². The van der Waals surface area contributed by atoms with E-state index in [1.807, 2.05) is 50.2 Å². The van der Waals surface area contributed by atoms with Gasteiger partial charge in [-0.2, -0.15) is 0 Å². The number of nitrogen functional groups attached to an aromatic ring is 1. The Labute approximate surface area is 200 Å². The first-order chi connectivity index (χ1) is 16.9. The number of hydrogen-bond acceptors (Lipinski definition) is 4. The maximum atomic E-state index is 13.4. The molecule has 3 heterocycles. The zero-order valence-electron chi connectivity index (χ0n) is 19.3. The van der Waals surface area contributed by atoms with Crippen molar-refractivity contribution >= 4 is 44.4 Å². The number of halogens is 1. The van der Waals surface area contributed by atoms with Gasteiger partial charge in [0, 0.05) is 39.3 Å². The second kappa shape index (κ2) is 7.81. The van der Waals surface area contributed by atoms with Crippen LogP contribution in [0.1, 0.15) is 27.2 Å². The van der Waals surface area contributed by atoms with Crippen molar-refractivity contribution in [3.63, 3.8) is 0 Å². The molecule has 5 nitrogen and oxygen atoms in total. The van der Waals surface area contributed by atoms with Crippen molar-refractivity contribution in [2.75, 3.05) is 5.73 Å². The van der Waals surface area contributed by atoms with Crippen LogP contribution in [0, 0.1) is 19.7 Å². The quantitative estimate of drug-likeness (QED) is 0.292. The van der Waals surface area contributed by atoms with Crippen LogP contribution >= 0.6 is 0 Å². The van der Waals surface area contributed by atoms with Gasteiger partial charge in [0.05, 0.1) is 0 Å². The summed E-state index contributed by atoms with van der Waals surface area (Å²) in [6.07, 6.45) is 0. The van der Waals surface area contributed by atoms with Crippen LogP contribution in [0.3, 0.4) is 0 Å². The van der Waals surface area contributed by atoms with E-state index in [0.29, 0.717) is 17.9 Å². The molecule has 0 saturated heterocycles. The number of hydrogen-bond donors (Lipinski definition) is 2. The molecule has 3 aromatic heterocycles. The maximum Gasteiger partial charge on any atom is 0.251 e. The van der Waals surface area contributed by atoms with Gasteiger partial charge in [-0.1, -0.05) is 18.2 Å². The van der Waals surface area contributed by atoms with Gasteiger partial charge in [0.15, 0.2) is 0 Å². The molecule has 3 aromatic carbocycles. The third-order valence-corrected chi connectivity index (χ3v) is 6.66. The average molecular weight is 464 g/mol. The Balaban J connectivity index is 1.35. The largest absolute Gasteiger partial charge is 0.455 e. The molecule has 0 saturated carbocycles. The topological polar surface area (TPSA) is 81.1 Å². The summed E-state index contributed by atoms with van der Waals surface area (Å²) in [4.78, 5) is 17.3. The Morgan fingerprint density at radius 1 is 0.886 bits per heavy atom. The lowest BCUT2D eigenvalue weighted by Crippen LogP contribution is -2.24. The molecule has 6 rings (SSSR count). The zero-order chi connectivity index (χ0) is 24.3. The highest BCUT2D eigenvalue weighted by molar-refractivity contribution is 6.26. The first-order valence-corrected chi connectivity index (χ1v) is 11.4. The van der Waals surface area contributed by atoms with Crippen molar-refractivity contribution in [2.45, 2.75) is 20.4 Å². The first-order valence-electron chi connectivity index (χ1n) is 11.4. The molecule has 172 valence electrons. The van der Waals surface area contributed by atoms with Crippen molar-refractivity contribution < 1.29 is 13.6 Å². The highest BCUT2D eigenvalue weighted by Crippen LogP contribution is 2.42. The molecule has 6 aromatic rings. The number of amides is 1. The molecule has 3 N–H and O–H groups in total. The second-order valence-corrected chi connectivity index (χ2v) is 8.90. The monoisotopic (exact) mass is 463 g/mol. The van der Waals surface area contributed by atoms with Crippen LogP contribution < -0.4 is 11.1 Å². The number of aromatic nitrogens is 1. The van der Waals surface area contributed by atoms with Crippen molar-refractivity contribution in [1.29, 1.82) is 0 Å². The molecule has 0 aliphatic rings. The number of rotatable bonds is 4. The predicted molar refractivity (Wildman–Crippen MR) is 137 cm³/mol. The van der Waals surface area contributed by atoms with Crippen molar-refractivity contribution in [3.8, 4) is 11.1 Å². The van der Waals surface area contributed by atoms with Gasteiger partial charge in [-0.15, -0.1) is 0 Å². The lowest BCUT2D eigenvalue weighted by atomic mass is 9.97. The summed E-state index contributed by atoms with van der Waals surface area (Å²) in [5.74, 6) is 0.0400. The standard InChI is InChI=1S/C29H22FN3O2/c1-15-11-26(31)33-16(2)25(15)14-32-29(34)19-6-10-22-24(13-19)28-23-12-18(5-9-21(23)27(22)35-28)17-3-7-20(30)8-4-17/h3-13H,14H2,1-2H3,(H2,31,33)(H,32,34). The van der Waals surface area contributed by atoms with Gasteiger partial charge in [-0.25, -0.2) is 9.37 Å². The van der Waals surface area contributed by atoms with Crippen molar-refractivity contribution in [2.24, 2.45) is 0 Å². The number of anilines is 1. The number of carbonyl (C=O) groups is 1. The van der Waals surface area contributed by atoms with E-state index in [1.54, 1.807) is 12.1 Å². The number of benzene rings is 4. The summed E-state index contributed by atoms with van der Waals surface area (Å²) in [6.45, 7) is 4.22. The second-order valence-electron chi connectivity index (χ2n) is 8.90. The minimum atomic E-state index is -0.264. The molecule has 35 heavy (non-hydrogen) atoms. The third kappa shape index (κ3) is 3.46. The van der Waals surface area contributed by atoms with E-state index in [9.17, 15) is 9.18 Å². The molecular formula is C29H22FN3O2. The van der Waals surface area contributed by atoms with Gasteiger partial charge in [-0.05, 0) is 84.6 Å². The first kappa shape index (κ1) is 21.1. The van der Waals surface area contributed by atoms with Gasteiger partial charge in [0.25, 0.3) is 5.91 Å². The smallest absolute Gasteiger partial charge is 0.251 e. The van der Waals surface area contributed by atoms with E-state index in [2.05, 4.69) is 16.4 Å². The fraction of sp³-hybridized carbons (Fsp3) is 0.103. The van der Waals surface area contributed by atoms with E-state index in [4.69, 9.17) is 10.2 Å². The summed E-state index contributed by atoms with van der Waals surface area (Å²) < 4.78 is 19.5. The minimum Gasteiger partial charge on any atom is -0.455 e. The molecule has 0 spiro atoms. The van der Waals surface area contributed by atoms with E-state index in [0.717, 1.165) is 60.7 Å². The molecule has 6 heteroatoms. The molecular weight excluding hydrogens is 441 g/mol. The lowest BCUT2D eigenvalue weighted by Gasteiger charge is -2.11. The molecule has 0 unspecified atom stereocenters. The number of nitrogens with zero attached hydrogens (tertiary/aromatic N) is 1. The SMILES string of the molecule is Cc1cc(N)nc(C)c1CNC(=O)c1ccc2c(c1)c1oc2c2ccc(-c3ccc(F)cc3)cc21.